The molecule has 0 spiro atoms. The predicted molar refractivity (Wildman–Crippen MR) is 60.9 cm³/mol. The number of imidazole rings is 1. The van der Waals surface area contributed by atoms with Crippen LogP contribution in [0.15, 0.2) is 36.9 Å². The van der Waals surface area contributed by atoms with Gasteiger partial charge in [0.1, 0.15) is 5.82 Å². The minimum atomic E-state index is -0.400. The van der Waals surface area contributed by atoms with Gasteiger partial charge in [-0.15, -0.1) is 0 Å². The van der Waals surface area contributed by atoms with Crippen LogP contribution < -0.4 is 0 Å². The summed E-state index contributed by atoms with van der Waals surface area (Å²) >= 11 is 0. The molecule has 84 valence electrons. The van der Waals surface area contributed by atoms with E-state index in [2.05, 4.69) is 9.97 Å². The number of rotatable bonds is 4. The van der Waals surface area contributed by atoms with E-state index in [1.807, 2.05) is 29.9 Å². The van der Waals surface area contributed by atoms with E-state index in [-0.39, 0.29) is 0 Å². The van der Waals surface area contributed by atoms with Crippen molar-refractivity contribution in [2.45, 2.75) is 18.9 Å². The van der Waals surface area contributed by atoms with E-state index in [1.165, 1.54) is 0 Å². The summed E-state index contributed by atoms with van der Waals surface area (Å²) in [5, 5.41) is 9.93. The van der Waals surface area contributed by atoms with Crippen molar-refractivity contribution < 1.29 is 5.11 Å². The standard InChI is InChI=1S/C12H15N3O/c1-15-7-6-14-12(15)9-11(16)8-10-2-4-13-5-3-10/h2-7,11,16H,8-9H2,1H3. The normalized spacial score (nSPS) is 12.6. The number of hydrogen-bond acceptors (Lipinski definition) is 3. The van der Waals surface area contributed by atoms with Gasteiger partial charge in [-0.05, 0) is 24.1 Å². The van der Waals surface area contributed by atoms with Crippen LogP contribution in [-0.4, -0.2) is 25.7 Å². The molecule has 4 heteroatoms. The van der Waals surface area contributed by atoms with Gasteiger partial charge < -0.3 is 9.67 Å². The topological polar surface area (TPSA) is 50.9 Å². The van der Waals surface area contributed by atoms with Crippen LogP contribution in [0, 0.1) is 0 Å². The molecule has 2 heterocycles. The second-order valence-corrected chi connectivity index (χ2v) is 3.87. The molecule has 0 saturated heterocycles. The highest BCUT2D eigenvalue weighted by Gasteiger charge is 2.09. The van der Waals surface area contributed by atoms with Gasteiger partial charge in [0.2, 0.25) is 0 Å². The number of aryl methyl sites for hydroxylation is 1. The maximum absolute atomic E-state index is 9.93. The molecule has 0 bridgehead atoms. The van der Waals surface area contributed by atoms with Crippen molar-refractivity contribution in [1.29, 1.82) is 0 Å². The molecule has 0 aliphatic rings. The van der Waals surface area contributed by atoms with Crippen LogP contribution in [0.2, 0.25) is 0 Å². The zero-order valence-electron chi connectivity index (χ0n) is 9.24. The van der Waals surface area contributed by atoms with Crippen molar-refractivity contribution in [3.8, 4) is 0 Å². The quantitative estimate of drug-likeness (QED) is 0.830. The van der Waals surface area contributed by atoms with Crippen LogP contribution in [0.4, 0.5) is 0 Å². The third-order valence-corrected chi connectivity index (χ3v) is 2.56. The summed E-state index contributed by atoms with van der Waals surface area (Å²) < 4.78 is 1.93. The van der Waals surface area contributed by atoms with E-state index in [0.29, 0.717) is 12.8 Å². The van der Waals surface area contributed by atoms with Crippen LogP contribution in [0.5, 0.6) is 0 Å². The maximum Gasteiger partial charge on any atom is 0.110 e. The molecular weight excluding hydrogens is 202 g/mol. The van der Waals surface area contributed by atoms with Crippen molar-refractivity contribution in [2.24, 2.45) is 7.05 Å². The Kier molecular flexibility index (Phi) is 3.31. The van der Waals surface area contributed by atoms with E-state index >= 15 is 0 Å². The van der Waals surface area contributed by atoms with Crippen LogP contribution >= 0.6 is 0 Å². The highest BCUT2D eigenvalue weighted by molar-refractivity contribution is 5.11. The van der Waals surface area contributed by atoms with Gasteiger partial charge in [0.05, 0.1) is 6.10 Å². The molecular formula is C12H15N3O. The number of hydrogen-bond donors (Lipinski definition) is 1. The van der Waals surface area contributed by atoms with Crippen molar-refractivity contribution >= 4 is 0 Å². The zero-order chi connectivity index (χ0) is 11.4. The molecule has 2 rings (SSSR count). The number of aromatic nitrogens is 3. The first-order valence-electron chi connectivity index (χ1n) is 5.29. The monoisotopic (exact) mass is 217 g/mol. The molecule has 1 N–H and O–H groups in total. The van der Waals surface area contributed by atoms with Gasteiger partial charge in [-0.3, -0.25) is 4.98 Å². The molecule has 1 unspecified atom stereocenters. The Labute approximate surface area is 94.6 Å². The number of pyridine rings is 1. The maximum atomic E-state index is 9.93. The summed E-state index contributed by atoms with van der Waals surface area (Å²) in [4.78, 5) is 8.13. The molecule has 0 aliphatic carbocycles. The molecule has 0 radical (unpaired) electrons. The number of aliphatic hydroxyl groups excluding tert-OH is 1. The minimum Gasteiger partial charge on any atom is -0.392 e. The van der Waals surface area contributed by atoms with Gasteiger partial charge in [-0.2, -0.15) is 0 Å². The fourth-order valence-corrected chi connectivity index (χ4v) is 1.67. The number of nitrogens with zero attached hydrogens (tertiary/aromatic N) is 3. The lowest BCUT2D eigenvalue weighted by atomic mass is 10.1. The van der Waals surface area contributed by atoms with Crippen molar-refractivity contribution in [3.05, 3.63) is 48.3 Å². The number of aliphatic hydroxyl groups is 1. The van der Waals surface area contributed by atoms with Gasteiger partial charge in [0.15, 0.2) is 0 Å². The van der Waals surface area contributed by atoms with Gasteiger partial charge in [0.25, 0.3) is 0 Å². The third kappa shape index (κ3) is 2.67. The molecule has 0 fully saturated rings. The van der Waals surface area contributed by atoms with E-state index in [0.717, 1.165) is 11.4 Å². The highest BCUT2D eigenvalue weighted by Crippen LogP contribution is 2.06. The predicted octanol–water partition coefficient (Wildman–Crippen LogP) is 0.961. The highest BCUT2D eigenvalue weighted by atomic mass is 16.3. The summed E-state index contributed by atoms with van der Waals surface area (Å²) in [5.41, 5.74) is 1.09. The summed E-state index contributed by atoms with van der Waals surface area (Å²) in [5.74, 6) is 0.904. The third-order valence-electron chi connectivity index (χ3n) is 2.56. The SMILES string of the molecule is Cn1ccnc1CC(O)Cc1ccncc1. The molecule has 4 nitrogen and oxygen atoms in total. The Morgan fingerprint density at radius 3 is 2.62 bits per heavy atom. The molecule has 0 aromatic carbocycles. The smallest absolute Gasteiger partial charge is 0.110 e. The molecule has 16 heavy (non-hydrogen) atoms. The van der Waals surface area contributed by atoms with Crippen LogP contribution in [0.3, 0.4) is 0 Å². The summed E-state index contributed by atoms with van der Waals surface area (Å²) in [6.45, 7) is 0. The first-order valence-corrected chi connectivity index (χ1v) is 5.29. The van der Waals surface area contributed by atoms with E-state index in [1.54, 1.807) is 18.6 Å². The van der Waals surface area contributed by atoms with Crippen molar-refractivity contribution in [3.63, 3.8) is 0 Å². The lowest BCUT2D eigenvalue weighted by Gasteiger charge is -2.10. The Balaban J connectivity index is 1.95. The molecule has 2 aromatic heterocycles. The molecule has 0 amide bonds. The first kappa shape index (κ1) is 10.8. The molecule has 2 aromatic rings. The molecule has 0 saturated carbocycles. The van der Waals surface area contributed by atoms with Crippen LogP contribution in [0.1, 0.15) is 11.4 Å². The molecule has 0 aliphatic heterocycles. The Morgan fingerprint density at radius 1 is 1.25 bits per heavy atom. The Morgan fingerprint density at radius 2 is 2.00 bits per heavy atom. The minimum absolute atomic E-state index is 0.400. The Bertz CT molecular complexity index is 439. The largest absolute Gasteiger partial charge is 0.392 e. The van der Waals surface area contributed by atoms with E-state index in [4.69, 9.17) is 0 Å². The van der Waals surface area contributed by atoms with Gasteiger partial charge in [0, 0.05) is 38.3 Å². The summed E-state index contributed by atoms with van der Waals surface area (Å²) in [6, 6.07) is 3.84. The lowest BCUT2D eigenvalue weighted by molar-refractivity contribution is 0.172. The molecule has 1 atom stereocenters. The average molecular weight is 217 g/mol. The van der Waals surface area contributed by atoms with Gasteiger partial charge in [-0.1, -0.05) is 0 Å². The summed E-state index contributed by atoms with van der Waals surface area (Å²) in [6.07, 6.45) is 7.92. The van der Waals surface area contributed by atoms with Crippen LogP contribution in [0.25, 0.3) is 0 Å². The lowest BCUT2D eigenvalue weighted by Crippen LogP contribution is -2.16. The average Bonchev–Trinajstić information content (AvgIpc) is 2.66. The first-order chi connectivity index (χ1) is 7.75. The Hall–Kier alpha value is -1.68. The van der Waals surface area contributed by atoms with Crippen molar-refractivity contribution in [1.82, 2.24) is 14.5 Å². The van der Waals surface area contributed by atoms with Crippen molar-refractivity contribution in [2.75, 3.05) is 0 Å². The second-order valence-electron chi connectivity index (χ2n) is 3.87. The van der Waals surface area contributed by atoms with Crippen LogP contribution in [-0.2, 0) is 19.9 Å². The second kappa shape index (κ2) is 4.90. The van der Waals surface area contributed by atoms with E-state index < -0.39 is 6.10 Å². The van der Waals surface area contributed by atoms with Gasteiger partial charge >= 0.3 is 0 Å². The fourth-order valence-electron chi connectivity index (χ4n) is 1.67. The fraction of sp³-hybridized carbons (Fsp3) is 0.333. The van der Waals surface area contributed by atoms with Gasteiger partial charge in [-0.25, -0.2) is 4.98 Å². The zero-order valence-corrected chi connectivity index (χ0v) is 9.24. The summed E-state index contributed by atoms with van der Waals surface area (Å²) in [7, 11) is 1.93. The van der Waals surface area contributed by atoms with E-state index in [9.17, 15) is 5.11 Å².